The smallest absolute Gasteiger partial charge is 0.337 e. The highest BCUT2D eigenvalue weighted by Gasteiger charge is 2.31. The van der Waals surface area contributed by atoms with Gasteiger partial charge in [-0.25, -0.2) is 9.18 Å². The Morgan fingerprint density at radius 3 is 2.67 bits per heavy atom. The number of nitrogens with two attached hydrogens (primary N) is 1. The van der Waals surface area contributed by atoms with Gasteiger partial charge in [0.2, 0.25) is 0 Å². The van der Waals surface area contributed by atoms with E-state index in [2.05, 4.69) is 11.6 Å². The number of hydrogen-bond acceptors (Lipinski definition) is 4. The highest BCUT2D eigenvalue weighted by molar-refractivity contribution is 8.00. The maximum Gasteiger partial charge on any atom is 0.337 e. The number of benzene rings is 1. The third kappa shape index (κ3) is 3.61. The highest BCUT2D eigenvalue weighted by atomic mass is 32.2. The van der Waals surface area contributed by atoms with Crippen LogP contribution in [0, 0.1) is 5.82 Å². The Morgan fingerprint density at radius 2 is 2.10 bits per heavy atom. The van der Waals surface area contributed by atoms with E-state index in [9.17, 15) is 9.18 Å². The first-order valence-electron chi connectivity index (χ1n) is 7.09. The van der Waals surface area contributed by atoms with Crippen molar-refractivity contribution in [2.24, 2.45) is 0 Å². The topological polar surface area (TPSA) is 75.3 Å². The van der Waals surface area contributed by atoms with E-state index in [1.807, 2.05) is 0 Å². The number of rotatable bonds is 5. The van der Waals surface area contributed by atoms with Crippen LogP contribution in [-0.4, -0.2) is 28.6 Å². The third-order valence-corrected chi connectivity index (χ3v) is 5.59. The first kappa shape index (κ1) is 15.9. The fraction of sp³-hybridized carbons (Fsp3) is 0.533. The Morgan fingerprint density at radius 1 is 1.43 bits per heavy atom. The van der Waals surface area contributed by atoms with E-state index < -0.39 is 11.8 Å². The first-order valence-corrected chi connectivity index (χ1v) is 8.31. The standard InChI is InChI=1S/C15H21FN2O2S/c1-21-15(5-3-2-4-6-15)9-18-13-7-10(14(19)20)12(17)8-11(13)16/h7-8,18H,2-6,9,17H2,1H3,(H,19,20). The zero-order valence-electron chi connectivity index (χ0n) is 12.1. The van der Waals surface area contributed by atoms with Gasteiger partial charge in [-0.3, -0.25) is 0 Å². The molecule has 1 fully saturated rings. The van der Waals surface area contributed by atoms with Crippen molar-refractivity contribution in [3.8, 4) is 0 Å². The molecule has 4 nitrogen and oxygen atoms in total. The molecule has 1 aliphatic rings. The van der Waals surface area contributed by atoms with E-state index in [1.165, 1.54) is 25.3 Å². The summed E-state index contributed by atoms with van der Waals surface area (Å²) in [7, 11) is 0. The molecule has 0 amide bonds. The Kier molecular flexibility index (Phi) is 4.98. The predicted molar refractivity (Wildman–Crippen MR) is 85.6 cm³/mol. The lowest BCUT2D eigenvalue weighted by Crippen LogP contribution is -2.35. The van der Waals surface area contributed by atoms with Crippen LogP contribution < -0.4 is 11.1 Å². The number of halogens is 1. The SMILES string of the molecule is CSC1(CNc2cc(C(=O)O)c(N)cc2F)CCCCC1. The summed E-state index contributed by atoms with van der Waals surface area (Å²) in [6.07, 6.45) is 7.91. The third-order valence-electron chi connectivity index (χ3n) is 4.17. The summed E-state index contributed by atoms with van der Waals surface area (Å²) in [5.74, 6) is -1.66. The number of carbonyl (C=O) groups is 1. The Bertz CT molecular complexity index is 531. The molecule has 0 atom stereocenters. The number of hydrogen-bond donors (Lipinski definition) is 3. The maximum atomic E-state index is 13.9. The van der Waals surface area contributed by atoms with Crippen LogP contribution in [0.25, 0.3) is 0 Å². The average Bonchev–Trinajstić information content (AvgIpc) is 2.47. The minimum absolute atomic E-state index is 0.0530. The molecule has 0 radical (unpaired) electrons. The van der Waals surface area contributed by atoms with Crippen molar-refractivity contribution >= 4 is 29.1 Å². The minimum Gasteiger partial charge on any atom is -0.478 e. The molecule has 21 heavy (non-hydrogen) atoms. The number of anilines is 2. The van der Waals surface area contributed by atoms with Gasteiger partial charge in [-0.05, 0) is 31.2 Å². The van der Waals surface area contributed by atoms with E-state index >= 15 is 0 Å². The molecule has 2 rings (SSSR count). The molecule has 4 N–H and O–H groups in total. The van der Waals surface area contributed by atoms with Crippen molar-refractivity contribution < 1.29 is 14.3 Å². The van der Waals surface area contributed by atoms with E-state index in [0.717, 1.165) is 18.9 Å². The van der Waals surface area contributed by atoms with Crippen LogP contribution in [0.2, 0.25) is 0 Å². The van der Waals surface area contributed by atoms with Crippen LogP contribution >= 0.6 is 11.8 Å². The summed E-state index contributed by atoms with van der Waals surface area (Å²) >= 11 is 1.81. The van der Waals surface area contributed by atoms with Crippen LogP contribution in [0.3, 0.4) is 0 Å². The maximum absolute atomic E-state index is 13.9. The summed E-state index contributed by atoms with van der Waals surface area (Å²) < 4.78 is 14.0. The largest absolute Gasteiger partial charge is 0.478 e. The molecule has 0 bridgehead atoms. The van der Waals surface area contributed by atoms with Gasteiger partial charge < -0.3 is 16.2 Å². The highest BCUT2D eigenvalue weighted by Crippen LogP contribution is 2.39. The Hall–Kier alpha value is -1.43. The second kappa shape index (κ2) is 6.56. The van der Waals surface area contributed by atoms with Crippen LogP contribution in [0.15, 0.2) is 12.1 Å². The molecule has 1 aliphatic carbocycles. The molecule has 0 spiro atoms. The molecule has 0 aliphatic heterocycles. The quantitative estimate of drug-likeness (QED) is 0.725. The zero-order chi connectivity index (χ0) is 15.5. The summed E-state index contributed by atoms with van der Waals surface area (Å²) in [6.45, 7) is 0.633. The number of thioether (sulfide) groups is 1. The van der Waals surface area contributed by atoms with E-state index in [0.29, 0.717) is 6.54 Å². The van der Waals surface area contributed by atoms with Gasteiger partial charge in [0.1, 0.15) is 5.82 Å². The monoisotopic (exact) mass is 312 g/mol. The molecule has 1 aromatic carbocycles. The summed E-state index contributed by atoms with van der Waals surface area (Å²) in [6, 6.07) is 2.35. The van der Waals surface area contributed by atoms with Gasteiger partial charge in [0, 0.05) is 17.0 Å². The summed E-state index contributed by atoms with van der Waals surface area (Å²) in [5.41, 5.74) is 5.62. The van der Waals surface area contributed by atoms with Gasteiger partial charge in [-0.15, -0.1) is 0 Å². The van der Waals surface area contributed by atoms with Crippen molar-refractivity contribution in [1.82, 2.24) is 0 Å². The first-order chi connectivity index (χ1) is 9.97. The lowest BCUT2D eigenvalue weighted by molar-refractivity contribution is 0.0698. The van der Waals surface area contributed by atoms with Gasteiger partial charge in [-0.2, -0.15) is 11.8 Å². The molecule has 0 heterocycles. The van der Waals surface area contributed by atoms with Crippen molar-refractivity contribution in [2.45, 2.75) is 36.9 Å². The molecule has 116 valence electrons. The predicted octanol–water partition coefficient (Wildman–Crippen LogP) is 3.58. The van der Waals surface area contributed by atoms with E-state index in [-0.39, 0.29) is 21.7 Å². The van der Waals surface area contributed by atoms with E-state index in [4.69, 9.17) is 10.8 Å². The number of aromatic carboxylic acids is 1. The van der Waals surface area contributed by atoms with Gasteiger partial charge in [0.15, 0.2) is 0 Å². The minimum atomic E-state index is -1.15. The zero-order valence-corrected chi connectivity index (χ0v) is 12.9. The molecule has 0 aromatic heterocycles. The molecule has 1 aromatic rings. The second-order valence-electron chi connectivity index (χ2n) is 5.53. The normalized spacial score (nSPS) is 17.4. The molecule has 0 saturated heterocycles. The van der Waals surface area contributed by atoms with Gasteiger partial charge in [0.05, 0.1) is 11.3 Å². The molecule has 0 unspecified atom stereocenters. The number of nitrogens with one attached hydrogen (secondary N) is 1. The Labute approximate surface area is 128 Å². The van der Waals surface area contributed by atoms with Crippen molar-refractivity contribution in [3.63, 3.8) is 0 Å². The Balaban J connectivity index is 2.15. The van der Waals surface area contributed by atoms with Gasteiger partial charge in [-0.1, -0.05) is 19.3 Å². The molecular formula is C15H21FN2O2S. The van der Waals surface area contributed by atoms with Crippen LogP contribution in [0.5, 0.6) is 0 Å². The molecule has 6 heteroatoms. The number of carboxylic acids is 1. The fourth-order valence-corrected chi connectivity index (χ4v) is 3.73. The van der Waals surface area contributed by atoms with Crippen LogP contribution in [0.1, 0.15) is 42.5 Å². The van der Waals surface area contributed by atoms with E-state index in [1.54, 1.807) is 11.8 Å². The summed E-state index contributed by atoms with van der Waals surface area (Å²) in [5, 5.41) is 12.1. The van der Waals surface area contributed by atoms with Crippen molar-refractivity contribution in [1.29, 1.82) is 0 Å². The number of nitrogen functional groups attached to an aromatic ring is 1. The molecule has 1 saturated carbocycles. The number of carboxylic acid groups (broad SMARTS) is 1. The van der Waals surface area contributed by atoms with Crippen LogP contribution in [0.4, 0.5) is 15.8 Å². The summed E-state index contributed by atoms with van der Waals surface area (Å²) in [4.78, 5) is 11.1. The average molecular weight is 312 g/mol. The molecular weight excluding hydrogens is 291 g/mol. The second-order valence-corrected chi connectivity index (χ2v) is 6.80. The van der Waals surface area contributed by atoms with Crippen LogP contribution in [-0.2, 0) is 0 Å². The van der Waals surface area contributed by atoms with Gasteiger partial charge >= 0.3 is 5.97 Å². The fourth-order valence-electron chi connectivity index (χ4n) is 2.81. The lowest BCUT2D eigenvalue weighted by atomic mass is 9.88. The van der Waals surface area contributed by atoms with Gasteiger partial charge in [0.25, 0.3) is 0 Å². The van der Waals surface area contributed by atoms with Crippen molar-refractivity contribution in [3.05, 3.63) is 23.5 Å². The van der Waals surface area contributed by atoms with Crippen molar-refractivity contribution in [2.75, 3.05) is 23.9 Å². The lowest BCUT2D eigenvalue weighted by Gasteiger charge is -2.36.